The summed E-state index contributed by atoms with van der Waals surface area (Å²) in [5, 5.41) is 0. The number of hydrogen-bond donors (Lipinski definition) is 0. The number of aromatic nitrogens is 1. The van der Waals surface area contributed by atoms with Crippen molar-refractivity contribution in [2.75, 3.05) is 26.7 Å². The second kappa shape index (κ2) is 7.49. The molecule has 130 valence electrons. The van der Waals surface area contributed by atoms with Crippen LogP contribution in [0.2, 0.25) is 0 Å². The Morgan fingerprint density at radius 1 is 1.50 bits per heavy atom. The number of nitrogens with zero attached hydrogens (tertiary/aromatic N) is 3. The molecule has 6 heteroatoms. The highest BCUT2D eigenvalue weighted by atomic mass is 32.1. The Bertz CT molecular complexity index is 694. The Hall–Kier alpha value is -1.66. The van der Waals surface area contributed by atoms with E-state index in [1.165, 1.54) is 4.88 Å². The van der Waals surface area contributed by atoms with Crippen molar-refractivity contribution in [2.45, 2.75) is 33.2 Å². The molecule has 3 heterocycles. The van der Waals surface area contributed by atoms with Gasteiger partial charge in [0, 0.05) is 37.5 Å². The topological polar surface area (TPSA) is 49.6 Å². The third kappa shape index (κ3) is 3.87. The molecule has 1 amide bonds. The quantitative estimate of drug-likeness (QED) is 0.805. The lowest BCUT2D eigenvalue weighted by molar-refractivity contribution is 0.0751. The third-order valence-corrected chi connectivity index (χ3v) is 5.54. The number of aryl methyl sites for hydroxylation is 2. The lowest BCUT2D eigenvalue weighted by Gasteiger charge is -2.21. The minimum absolute atomic E-state index is 0.0261. The van der Waals surface area contributed by atoms with E-state index >= 15 is 0 Å². The van der Waals surface area contributed by atoms with E-state index in [4.69, 9.17) is 4.42 Å². The first-order chi connectivity index (χ1) is 11.6. The van der Waals surface area contributed by atoms with E-state index in [0.29, 0.717) is 11.7 Å². The van der Waals surface area contributed by atoms with Gasteiger partial charge in [0.25, 0.3) is 5.91 Å². The lowest BCUT2D eigenvalue weighted by Crippen LogP contribution is -2.31. The fraction of sp³-hybridized carbons (Fsp3) is 0.556. The standard InChI is InChI=1S/C18H25N3O2S/c1-4-15-5-6-16(23-15)18(22)21-8-7-14(10-21)9-20(3)11-17-13(2)19-12-24-17/h5-6,12,14H,4,7-11H2,1-3H3/t14-/m0/s1. The van der Waals surface area contributed by atoms with Gasteiger partial charge in [0.2, 0.25) is 0 Å². The van der Waals surface area contributed by atoms with Crippen molar-refractivity contribution < 1.29 is 9.21 Å². The highest BCUT2D eigenvalue weighted by Crippen LogP contribution is 2.22. The molecule has 0 bridgehead atoms. The van der Waals surface area contributed by atoms with Crippen LogP contribution in [0.25, 0.3) is 0 Å². The van der Waals surface area contributed by atoms with Crippen LogP contribution in [-0.2, 0) is 13.0 Å². The van der Waals surface area contributed by atoms with Gasteiger partial charge in [-0.1, -0.05) is 6.92 Å². The van der Waals surface area contributed by atoms with Crippen LogP contribution in [0.5, 0.6) is 0 Å². The van der Waals surface area contributed by atoms with E-state index in [1.807, 2.05) is 23.4 Å². The highest BCUT2D eigenvalue weighted by molar-refractivity contribution is 7.09. The summed E-state index contributed by atoms with van der Waals surface area (Å²) in [7, 11) is 2.14. The average molecular weight is 347 g/mol. The molecule has 1 fully saturated rings. The Balaban J connectivity index is 1.51. The molecule has 1 aliphatic heterocycles. The van der Waals surface area contributed by atoms with E-state index in [-0.39, 0.29) is 5.91 Å². The fourth-order valence-electron chi connectivity index (χ4n) is 3.23. The summed E-state index contributed by atoms with van der Waals surface area (Å²) in [6.45, 7) is 7.65. The van der Waals surface area contributed by atoms with E-state index in [2.05, 4.69) is 23.9 Å². The van der Waals surface area contributed by atoms with Gasteiger partial charge in [-0.15, -0.1) is 11.3 Å². The summed E-state index contributed by atoms with van der Waals surface area (Å²) in [4.78, 5) is 22.4. The summed E-state index contributed by atoms with van der Waals surface area (Å²) in [5.41, 5.74) is 3.03. The van der Waals surface area contributed by atoms with E-state index < -0.39 is 0 Å². The molecule has 0 radical (unpaired) electrons. The number of carbonyl (C=O) groups excluding carboxylic acids is 1. The van der Waals surface area contributed by atoms with Crippen molar-refractivity contribution in [3.05, 3.63) is 39.7 Å². The normalized spacial score (nSPS) is 17.8. The second-order valence-corrected chi connectivity index (χ2v) is 7.52. The first-order valence-corrected chi connectivity index (χ1v) is 9.40. The van der Waals surface area contributed by atoms with Crippen molar-refractivity contribution in [2.24, 2.45) is 5.92 Å². The van der Waals surface area contributed by atoms with Gasteiger partial charge in [-0.05, 0) is 38.4 Å². The molecule has 24 heavy (non-hydrogen) atoms. The third-order valence-electron chi connectivity index (χ3n) is 4.62. The van der Waals surface area contributed by atoms with Gasteiger partial charge in [0.05, 0.1) is 11.2 Å². The van der Waals surface area contributed by atoms with Crippen LogP contribution in [-0.4, -0.2) is 47.4 Å². The van der Waals surface area contributed by atoms with Crippen LogP contribution in [0, 0.1) is 12.8 Å². The second-order valence-electron chi connectivity index (χ2n) is 6.58. The number of amides is 1. The van der Waals surface area contributed by atoms with Crippen LogP contribution in [0.3, 0.4) is 0 Å². The molecule has 0 spiro atoms. The Morgan fingerprint density at radius 2 is 2.33 bits per heavy atom. The molecule has 1 atom stereocenters. The Kier molecular flexibility index (Phi) is 5.36. The predicted molar refractivity (Wildman–Crippen MR) is 95.3 cm³/mol. The number of thiazole rings is 1. The molecule has 1 aliphatic rings. The molecule has 2 aromatic heterocycles. The summed E-state index contributed by atoms with van der Waals surface area (Å²) < 4.78 is 5.60. The zero-order chi connectivity index (χ0) is 17.1. The van der Waals surface area contributed by atoms with Gasteiger partial charge in [-0.3, -0.25) is 4.79 Å². The van der Waals surface area contributed by atoms with Gasteiger partial charge in [-0.25, -0.2) is 4.98 Å². The van der Waals surface area contributed by atoms with Crippen molar-refractivity contribution in [1.29, 1.82) is 0 Å². The molecular formula is C18H25N3O2S. The minimum Gasteiger partial charge on any atom is -0.456 e. The average Bonchev–Trinajstić information content (AvgIpc) is 3.29. The molecule has 3 rings (SSSR count). The van der Waals surface area contributed by atoms with Crippen LogP contribution < -0.4 is 0 Å². The molecule has 1 saturated heterocycles. The summed E-state index contributed by atoms with van der Waals surface area (Å²) in [6.07, 6.45) is 1.87. The van der Waals surface area contributed by atoms with Gasteiger partial charge in [-0.2, -0.15) is 0 Å². The largest absolute Gasteiger partial charge is 0.456 e. The van der Waals surface area contributed by atoms with Gasteiger partial charge >= 0.3 is 0 Å². The van der Waals surface area contributed by atoms with Crippen LogP contribution in [0.15, 0.2) is 22.1 Å². The maximum atomic E-state index is 12.5. The zero-order valence-corrected chi connectivity index (χ0v) is 15.4. The number of rotatable bonds is 6. The lowest BCUT2D eigenvalue weighted by atomic mass is 10.1. The first-order valence-electron chi connectivity index (χ1n) is 8.52. The minimum atomic E-state index is 0.0261. The maximum Gasteiger partial charge on any atom is 0.289 e. The van der Waals surface area contributed by atoms with Gasteiger partial charge < -0.3 is 14.2 Å². The van der Waals surface area contributed by atoms with Gasteiger partial charge in [0.1, 0.15) is 5.76 Å². The molecule has 0 aromatic carbocycles. The summed E-state index contributed by atoms with van der Waals surface area (Å²) in [6, 6.07) is 3.69. The van der Waals surface area contributed by atoms with E-state index in [1.54, 1.807) is 17.4 Å². The monoisotopic (exact) mass is 347 g/mol. The molecule has 5 nitrogen and oxygen atoms in total. The number of hydrogen-bond acceptors (Lipinski definition) is 5. The molecule has 0 unspecified atom stereocenters. The van der Waals surface area contributed by atoms with Crippen LogP contribution in [0.4, 0.5) is 0 Å². The zero-order valence-electron chi connectivity index (χ0n) is 14.6. The summed E-state index contributed by atoms with van der Waals surface area (Å²) in [5.74, 6) is 1.89. The van der Waals surface area contributed by atoms with Crippen molar-refractivity contribution in [3.63, 3.8) is 0 Å². The maximum absolute atomic E-state index is 12.5. The van der Waals surface area contributed by atoms with Crippen LogP contribution in [0.1, 0.15) is 40.2 Å². The van der Waals surface area contributed by atoms with Crippen molar-refractivity contribution in [1.82, 2.24) is 14.8 Å². The molecule has 0 N–H and O–H groups in total. The van der Waals surface area contributed by atoms with Crippen LogP contribution >= 0.6 is 11.3 Å². The number of furan rings is 1. The highest BCUT2D eigenvalue weighted by Gasteiger charge is 2.29. The molecule has 2 aromatic rings. The number of likely N-dealkylation sites (tertiary alicyclic amines) is 1. The molecule has 0 aliphatic carbocycles. The Morgan fingerprint density at radius 3 is 3.00 bits per heavy atom. The predicted octanol–water partition coefficient (Wildman–Crippen LogP) is 3.20. The first kappa shape index (κ1) is 17.2. The summed E-state index contributed by atoms with van der Waals surface area (Å²) >= 11 is 1.71. The fourth-order valence-corrected chi connectivity index (χ4v) is 4.09. The van der Waals surface area contributed by atoms with E-state index in [9.17, 15) is 4.79 Å². The van der Waals surface area contributed by atoms with E-state index in [0.717, 1.165) is 50.5 Å². The smallest absolute Gasteiger partial charge is 0.289 e. The number of carbonyl (C=O) groups is 1. The SMILES string of the molecule is CCc1ccc(C(=O)N2CC[C@@H](CN(C)Cc3scnc3C)C2)o1. The Labute approximate surface area is 147 Å². The molecular weight excluding hydrogens is 322 g/mol. The van der Waals surface area contributed by atoms with Gasteiger partial charge in [0.15, 0.2) is 5.76 Å². The van der Waals surface area contributed by atoms with Crippen molar-refractivity contribution >= 4 is 17.2 Å². The van der Waals surface area contributed by atoms with Crippen molar-refractivity contribution in [3.8, 4) is 0 Å². The molecule has 0 saturated carbocycles.